The first-order chi connectivity index (χ1) is 19.3. The number of carbonyl (C=O) groups excluding carboxylic acids is 1. The highest BCUT2D eigenvalue weighted by atomic mass is 16.5. The van der Waals surface area contributed by atoms with E-state index in [2.05, 4.69) is 29.1 Å². The molecule has 1 aliphatic rings. The summed E-state index contributed by atoms with van der Waals surface area (Å²) in [7, 11) is 0. The maximum Gasteiger partial charge on any atom is 0.328 e. The van der Waals surface area contributed by atoms with E-state index < -0.39 is 12.0 Å². The largest absolute Gasteiger partial charge is 0.480 e. The number of nitrogens with one attached hydrogen (secondary N) is 1. The second-order valence-corrected chi connectivity index (χ2v) is 9.97. The maximum absolute atomic E-state index is 12.8. The molecular formula is C30H35N5O5. The molecule has 40 heavy (non-hydrogen) atoms. The maximum atomic E-state index is 12.8. The molecule has 4 rings (SSSR count). The van der Waals surface area contributed by atoms with Crippen LogP contribution in [-0.2, 0) is 27.5 Å². The molecule has 0 saturated carbocycles. The summed E-state index contributed by atoms with van der Waals surface area (Å²) in [6.07, 6.45) is 2.23. The van der Waals surface area contributed by atoms with Crippen molar-refractivity contribution in [3.63, 3.8) is 0 Å². The Labute approximate surface area is 233 Å². The number of carbonyl (C=O) groups is 2. The van der Waals surface area contributed by atoms with Crippen LogP contribution in [0.2, 0.25) is 0 Å². The van der Waals surface area contributed by atoms with Crippen LogP contribution < -0.4 is 15.8 Å². The summed E-state index contributed by atoms with van der Waals surface area (Å²) in [6.45, 7) is 4.72. The average Bonchev–Trinajstić information content (AvgIpc) is 2.94. The van der Waals surface area contributed by atoms with Crippen molar-refractivity contribution in [1.82, 2.24) is 15.2 Å². The van der Waals surface area contributed by atoms with Gasteiger partial charge in [0.25, 0.3) is 0 Å². The predicted octanol–water partition coefficient (Wildman–Crippen LogP) is 4.23. The molecule has 0 aliphatic carbocycles. The van der Waals surface area contributed by atoms with Crippen LogP contribution in [0, 0.1) is 5.92 Å². The SMILES string of the molecule is CC(C)[C@H](CCC(=O)NC(COCc1ccccc1)C(=O)O)N1Cc2cc(Oc3ccccc3)ncc2N=C1N. The minimum atomic E-state index is -1.15. The second-order valence-electron chi connectivity index (χ2n) is 9.97. The molecule has 1 aromatic heterocycles. The van der Waals surface area contributed by atoms with Gasteiger partial charge in [-0.1, -0.05) is 62.4 Å². The van der Waals surface area contributed by atoms with Crippen molar-refractivity contribution in [3.05, 3.63) is 84.1 Å². The van der Waals surface area contributed by atoms with Crippen molar-refractivity contribution >= 4 is 23.5 Å². The quantitative estimate of drug-likeness (QED) is 0.290. The number of nitrogens with zero attached hydrogens (tertiary/aromatic N) is 3. The lowest BCUT2D eigenvalue weighted by Gasteiger charge is -2.37. The van der Waals surface area contributed by atoms with Gasteiger partial charge in [-0.15, -0.1) is 0 Å². The number of fused-ring (bicyclic) bond motifs is 1. The first-order valence-corrected chi connectivity index (χ1v) is 13.3. The zero-order chi connectivity index (χ0) is 28.5. The van der Waals surface area contributed by atoms with E-state index in [9.17, 15) is 14.7 Å². The van der Waals surface area contributed by atoms with E-state index >= 15 is 0 Å². The standard InChI is InChI=1S/C30H35N5O5/c1-20(2)26(13-14-27(36)33-25(29(37)38)19-39-18-21-9-5-3-6-10-21)35-17-22-15-28(32-16-24(22)34-30(35)31)40-23-11-7-4-8-12-23/h3-12,15-16,20,25-26H,13-14,17-19H2,1-2H3,(H2,31,34)(H,33,36)(H,37,38)/t25?,26-/m0/s1. The molecule has 4 N–H and O–H groups in total. The molecule has 0 spiro atoms. The van der Waals surface area contributed by atoms with E-state index in [1.54, 1.807) is 6.20 Å². The molecule has 1 amide bonds. The number of ether oxygens (including phenoxy) is 2. The zero-order valence-electron chi connectivity index (χ0n) is 22.7. The Balaban J connectivity index is 1.35. The molecule has 2 heterocycles. The van der Waals surface area contributed by atoms with Crippen LogP contribution in [0.4, 0.5) is 5.69 Å². The molecule has 2 atom stereocenters. The molecule has 0 radical (unpaired) electrons. The Morgan fingerprint density at radius 2 is 1.80 bits per heavy atom. The van der Waals surface area contributed by atoms with Gasteiger partial charge < -0.3 is 30.5 Å². The minimum absolute atomic E-state index is 0.105. The number of hydrogen-bond acceptors (Lipinski definition) is 8. The van der Waals surface area contributed by atoms with Crippen LogP contribution in [-0.4, -0.2) is 51.5 Å². The highest BCUT2D eigenvalue weighted by Gasteiger charge is 2.29. The number of nitrogens with two attached hydrogens (primary N) is 1. The van der Waals surface area contributed by atoms with Crippen LogP contribution in [0.25, 0.3) is 0 Å². The molecule has 2 aromatic carbocycles. The highest BCUT2D eigenvalue weighted by Crippen LogP contribution is 2.32. The highest BCUT2D eigenvalue weighted by molar-refractivity contribution is 5.85. The van der Waals surface area contributed by atoms with Gasteiger partial charge in [-0.3, -0.25) is 4.79 Å². The smallest absolute Gasteiger partial charge is 0.328 e. The molecule has 0 bridgehead atoms. The first kappa shape index (κ1) is 28.6. The summed E-state index contributed by atoms with van der Waals surface area (Å²) in [6, 6.07) is 19.4. The molecule has 0 fully saturated rings. The fourth-order valence-electron chi connectivity index (χ4n) is 4.54. The number of benzene rings is 2. The summed E-state index contributed by atoms with van der Waals surface area (Å²) in [5.74, 6) is 0.124. The van der Waals surface area contributed by atoms with Gasteiger partial charge in [0.15, 0.2) is 12.0 Å². The lowest BCUT2D eigenvalue weighted by molar-refractivity contribution is -0.143. The zero-order valence-corrected chi connectivity index (χ0v) is 22.7. The van der Waals surface area contributed by atoms with E-state index in [4.69, 9.17) is 15.2 Å². The number of amides is 1. The molecule has 0 saturated heterocycles. The van der Waals surface area contributed by atoms with Gasteiger partial charge in [0.1, 0.15) is 5.75 Å². The van der Waals surface area contributed by atoms with Crippen molar-refractivity contribution in [2.24, 2.45) is 16.6 Å². The van der Waals surface area contributed by atoms with Gasteiger partial charge in [0, 0.05) is 30.6 Å². The van der Waals surface area contributed by atoms with E-state index in [-0.39, 0.29) is 37.5 Å². The van der Waals surface area contributed by atoms with Crippen LogP contribution in [0.5, 0.6) is 11.6 Å². The van der Waals surface area contributed by atoms with E-state index in [0.29, 0.717) is 36.2 Å². The number of carboxylic acid groups (broad SMARTS) is 1. The number of aromatic nitrogens is 1. The van der Waals surface area contributed by atoms with Gasteiger partial charge in [-0.25, -0.2) is 14.8 Å². The fraction of sp³-hybridized carbons (Fsp3) is 0.333. The summed E-state index contributed by atoms with van der Waals surface area (Å²) in [4.78, 5) is 35.4. The van der Waals surface area contributed by atoms with Gasteiger partial charge in [0.2, 0.25) is 11.8 Å². The van der Waals surface area contributed by atoms with Crippen molar-refractivity contribution in [1.29, 1.82) is 0 Å². The number of para-hydroxylation sites is 1. The Morgan fingerprint density at radius 3 is 2.48 bits per heavy atom. The van der Waals surface area contributed by atoms with Crippen LogP contribution in [0.3, 0.4) is 0 Å². The van der Waals surface area contributed by atoms with Crippen LogP contribution in [0.15, 0.2) is 77.9 Å². The molecule has 10 heteroatoms. The summed E-state index contributed by atoms with van der Waals surface area (Å²) < 4.78 is 11.4. The van der Waals surface area contributed by atoms with E-state index in [1.807, 2.05) is 71.6 Å². The third-order valence-corrected chi connectivity index (χ3v) is 6.64. The third-order valence-electron chi connectivity index (χ3n) is 6.64. The van der Waals surface area contributed by atoms with Crippen molar-refractivity contribution in [3.8, 4) is 11.6 Å². The summed E-state index contributed by atoms with van der Waals surface area (Å²) in [5.41, 5.74) is 8.86. The average molecular weight is 546 g/mol. The summed E-state index contributed by atoms with van der Waals surface area (Å²) in [5, 5.41) is 12.2. The number of carboxylic acids is 1. The van der Waals surface area contributed by atoms with Gasteiger partial charge >= 0.3 is 5.97 Å². The first-order valence-electron chi connectivity index (χ1n) is 13.3. The van der Waals surface area contributed by atoms with Crippen molar-refractivity contribution in [2.45, 2.75) is 51.9 Å². The number of pyridine rings is 1. The lowest BCUT2D eigenvalue weighted by atomic mass is 9.96. The number of guanidine groups is 1. The Hall–Kier alpha value is -4.44. The molecule has 10 nitrogen and oxygen atoms in total. The second kappa shape index (κ2) is 13.6. The molecular weight excluding hydrogens is 510 g/mol. The molecule has 3 aromatic rings. The van der Waals surface area contributed by atoms with E-state index in [1.165, 1.54) is 0 Å². The van der Waals surface area contributed by atoms with Crippen molar-refractivity contribution in [2.75, 3.05) is 6.61 Å². The van der Waals surface area contributed by atoms with Crippen LogP contribution in [0.1, 0.15) is 37.8 Å². The molecule has 1 aliphatic heterocycles. The predicted molar refractivity (Wildman–Crippen MR) is 151 cm³/mol. The Kier molecular flexibility index (Phi) is 9.69. The minimum Gasteiger partial charge on any atom is -0.480 e. The van der Waals surface area contributed by atoms with Crippen LogP contribution >= 0.6 is 0 Å². The number of rotatable bonds is 13. The fourth-order valence-corrected chi connectivity index (χ4v) is 4.54. The number of aliphatic imine (C=N–C) groups is 1. The number of hydrogen-bond donors (Lipinski definition) is 3. The van der Waals surface area contributed by atoms with Crippen molar-refractivity contribution < 1.29 is 24.2 Å². The Bertz CT molecular complexity index is 1320. The van der Waals surface area contributed by atoms with E-state index in [0.717, 1.165) is 11.1 Å². The normalized spacial score (nSPS) is 14.2. The molecule has 1 unspecified atom stereocenters. The monoisotopic (exact) mass is 545 g/mol. The van der Waals surface area contributed by atoms with Gasteiger partial charge in [-0.05, 0) is 30.0 Å². The number of aliphatic carboxylic acids is 1. The third kappa shape index (κ3) is 7.79. The van der Waals surface area contributed by atoms with Gasteiger partial charge in [0.05, 0.1) is 25.1 Å². The Morgan fingerprint density at radius 1 is 1.10 bits per heavy atom. The lowest BCUT2D eigenvalue weighted by Crippen LogP contribution is -2.49. The topological polar surface area (TPSA) is 139 Å². The molecule has 210 valence electrons. The summed E-state index contributed by atoms with van der Waals surface area (Å²) >= 11 is 0. The van der Waals surface area contributed by atoms with Gasteiger partial charge in [-0.2, -0.15) is 0 Å².